The van der Waals surface area contributed by atoms with Gasteiger partial charge >= 0.3 is 0 Å². The lowest BCUT2D eigenvalue weighted by atomic mass is 10.1. The van der Waals surface area contributed by atoms with Crippen molar-refractivity contribution in [2.24, 2.45) is 0 Å². The summed E-state index contributed by atoms with van der Waals surface area (Å²) in [5.41, 5.74) is 0.851. The van der Waals surface area contributed by atoms with Crippen molar-refractivity contribution in [2.45, 2.75) is 44.8 Å². The lowest BCUT2D eigenvalue weighted by Crippen LogP contribution is -2.03. The van der Waals surface area contributed by atoms with Gasteiger partial charge in [0.05, 0.1) is 12.2 Å². The number of hydrogen-bond donors (Lipinski definition) is 2. The lowest BCUT2D eigenvalue weighted by Gasteiger charge is -2.08. The van der Waals surface area contributed by atoms with Crippen LogP contribution in [-0.2, 0) is 0 Å². The first-order valence-electron chi connectivity index (χ1n) is 6.33. The Kier molecular flexibility index (Phi) is 6.60. The summed E-state index contributed by atoms with van der Waals surface area (Å²) in [5.74, 6) is 0. The van der Waals surface area contributed by atoms with Gasteiger partial charge in [0.2, 0.25) is 0 Å². The molecule has 0 spiro atoms. The van der Waals surface area contributed by atoms with Gasteiger partial charge in [-0.1, -0.05) is 68.7 Å². The number of aliphatic hydroxyl groups excluding tert-OH is 2. The number of rotatable bonds is 7. The van der Waals surface area contributed by atoms with Gasteiger partial charge in [0.15, 0.2) is 0 Å². The van der Waals surface area contributed by atoms with Crippen molar-refractivity contribution < 1.29 is 10.2 Å². The van der Waals surface area contributed by atoms with Crippen LogP contribution in [0.3, 0.4) is 0 Å². The average Bonchev–Trinajstić information content (AvgIpc) is 2.37. The Morgan fingerprint density at radius 2 is 1.76 bits per heavy atom. The van der Waals surface area contributed by atoms with Crippen LogP contribution in [0.1, 0.15) is 44.3 Å². The van der Waals surface area contributed by atoms with Crippen LogP contribution in [0.15, 0.2) is 42.5 Å². The Labute approximate surface area is 104 Å². The van der Waals surface area contributed by atoms with E-state index in [2.05, 4.69) is 6.92 Å². The molecule has 2 atom stereocenters. The SMILES string of the molecule is CCCCC[C@@H](O)/C=C\[C@@H](O)c1ccccc1. The zero-order valence-corrected chi connectivity index (χ0v) is 10.4. The van der Waals surface area contributed by atoms with Crippen LogP contribution in [0.5, 0.6) is 0 Å². The van der Waals surface area contributed by atoms with Crippen molar-refractivity contribution in [3.05, 3.63) is 48.0 Å². The van der Waals surface area contributed by atoms with Crippen LogP contribution in [0, 0.1) is 0 Å². The maximum absolute atomic E-state index is 9.84. The van der Waals surface area contributed by atoms with Gasteiger partial charge in [-0.05, 0) is 12.0 Å². The Morgan fingerprint density at radius 1 is 1.06 bits per heavy atom. The molecule has 0 fully saturated rings. The summed E-state index contributed by atoms with van der Waals surface area (Å²) in [6.45, 7) is 2.14. The molecule has 0 saturated heterocycles. The highest BCUT2D eigenvalue weighted by Gasteiger charge is 2.03. The zero-order valence-electron chi connectivity index (χ0n) is 10.4. The van der Waals surface area contributed by atoms with Crippen molar-refractivity contribution in [3.8, 4) is 0 Å². The molecule has 0 radical (unpaired) electrons. The van der Waals surface area contributed by atoms with Crippen LogP contribution in [0.4, 0.5) is 0 Å². The first-order chi connectivity index (χ1) is 8.24. The van der Waals surface area contributed by atoms with Crippen molar-refractivity contribution in [2.75, 3.05) is 0 Å². The molecule has 0 aliphatic heterocycles. The Bertz CT molecular complexity index is 319. The van der Waals surface area contributed by atoms with Crippen molar-refractivity contribution in [3.63, 3.8) is 0 Å². The van der Waals surface area contributed by atoms with Crippen molar-refractivity contribution in [1.82, 2.24) is 0 Å². The fourth-order valence-corrected chi connectivity index (χ4v) is 1.69. The summed E-state index contributed by atoms with van der Waals surface area (Å²) in [4.78, 5) is 0. The molecule has 0 heterocycles. The standard InChI is InChI=1S/C15H22O2/c1-2-3-5-10-14(16)11-12-15(17)13-8-6-4-7-9-13/h4,6-9,11-12,14-17H,2-3,5,10H2,1H3/b12-11-/t14-,15-/m1/s1. The van der Waals surface area contributed by atoms with E-state index >= 15 is 0 Å². The van der Waals surface area contributed by atoms with E-state index in [1.807, 2.05) is 30.3 Å². The van der Waals surface area contributed by atoms with E-state index in [1.165, 1.54) is 0 Å². The molecule has 0 unspecified atom stereocenters. The molecule has 2 N–H and O–H groups in total. The van der Waals surface area contributed by atoms with Gasteiger partial charge in [-0.25, -0.2) is 0 Å². The van der Waals surface area contributed by atoms with Crippen molar-refractivity contribution in [1.29, 1.82) is 0 Å². The molecule has 17 heavy (non-hydrogen) atoms. The van der Waals surface area contributed by atoms with Gasteiger partial charge in [0, 0.05) is 0 Å². The molecule has 2 heteroatoms. The summed E-state index contributed by atoms with van der Waals surface area (Å²) in [7, 11) is 0. The van der Waals surface area contributed by atoms with Crippen LogP contribution < -0.4 is 0 Å². The second-order valence-electron chi connectivity index (χ2n) is 4.30. The molecule has 0 aromatic heterocycles. The normalized spacial score (nSPS) is 15.0. The minimum atomic E-state index is -0.628. The first-order valence-corrected chi connectivity index (χ1v) is 6.33. The smallest absolute Gasteiger partial charge is 0.0972 e. The van der Waals surface area contributed by atoms with E-state index in [9.17, 15) is 10.2 Å². The zero-order chi connectivity index (χ0) is 12.5. The minimum Gasteiger partial charge on any atom is -0.389 e. The van der Waals surface area contributed by atoms with E-state index in [1.54, 1.807) is 12.2 Å². The summed E-state index contributed by atoms with van der Waals surface area (Å²) < 4.78 is 0. The maximum Gasteiger partial charge on any atom is 0.0972 e. The number of aliphatic hydroxyl groups is 2. The largest absolute Gasteiger partial charge is 0.389 e. The third-order valence-corrected chi connectivity index (χ3v) is 2.76. The van der Waals surface area contributed by atoms with Gasteiger partial charge in [-0.2, -0.15) is 0 Å². The first kappa shape index (κ1) is 13.9. The topological polar surface area (TPSA) is 40.5 Å². The monoisotopic (exact) mass is 234 g/mol. The van der Waals surface area contributed by atoms with E-state index < -0.39 is 12.2 Å². The van der Waals surface area contributed by atoms with Crippen LogP contribution >= 0.6 is 0 Å². The lowest BCUT2D eigenvalue weighted by molar-refractivity contribution is 0.199. The molecular formula is C15H22O2. The Hall–Kier alpha value is -1.12. The van der Waals surface area contributed by atoms with E-state index in [0.29, 0.717) is 0 Å². The predicted molar refractivity (Wildman–Crippen MR) is 70.7 cm³/mol. The number of benzene rings is 1. The quantitative estimate of drug-likeness (QED) is 0.562. The van der Waals surface area contributed by atoms with Crippen LogP contribution in [0.25, 0.3) is 0 Å². The van der Waals surface area contributed by atoms with Crippen molar-refractivity contribution >= 4 is 0 Å². The second-order valence-corrected chi connectivity index (χ2v) is 4.30. The highest BCUT2D eigenvalue weighted by molar-refractivity contribution is 5.21. The van der Waals surface area contributed by atoms with Gasteiger partial charge in [-0.15, -0.1) is 0 Å². The van der Waals surface area contributed by atoms with Gasteiger partial charge < -0.3 is 10.2 Å². The van der Waals surface area contributed by atoms with E-state index in [4.69, 9.17) is 0 Å². The van der Waals surface area contributed by atoms with E-state index in [0.717, 1.165) is 31.2 Å². The predicted octanol–water partition coefficient (Wildman–Crippen LogP) is 3.22. The van der Waals surface area contributed by atoms with Crippen LogP contribution in [0.2, 0.25) is 0 Å². The maximum atomic E-state index is 9.84. The molecule has 0 amide bonds. The second kappa shape index (κ2) is 8.04. The van der Waals surface area contributed by atoms with E-state index in [-0.39, 0.29) is 0 Å². The molecule has 2 nitrogen and oxygen atoms in total. The highest BCUT2D eigenvalue weighted by Crippen LogP contribution is 2.14. The fraction of sp³-hybridized carbons (Fsp3) is 0.467. The third kappa shape index (κ3) is 5.66. The Balaban J connectivity index is 2.37. The van der Waals surface area contributed by atoms with Gasteiger partial charge in [0.25, 0.3) is 0 Å². The molecule has 0 aliphatic carbocycles. The summed E-state index contributed by atoms with van der Waals surface area (Å²) in [6.07, 6.45) is 6.38. The average molecular weight is 234 g/mol. The number of unbranched alkanes of at least 4 members (excludes halogenated alkanes) is 2. The molecular weight excluding hydrogens is 212 g/mol. The highest BCUT2D eigenvalue weighted by atomic mass is 16.3. The fourth-order valence-electron chi connectivity index (χ4n) is 1.69. The Morgan fingerprint density at radius 3 is 2.41 bits per heavy atom. The van der Waals surface area contributed by atoms with Gasteiger partial charge in [-0.3, -0.25) is 0 Å². The van der Waals surface area contributed by atoms with Crippen LogP contribution in [-0.4, -0.2) is 16.3 Å². The summed E-state index contributed by atoms with van der Waals surface area (Å²) in [5, 5.41) is 19.5. The summed E-state index contributed by atoms with van der Waals surface area (Å²) >= 11 is 0. The summed E-state index contributed by atoms with van der Waals surface area (Å²) in [6, 6.07) is 9.45. The number of hydrogen-bond acceptors (Lipinski definition) is 2. The third-order valence-electron chi connectivity index (χ3n) is 2.76. The molecule has 94 valence electrons. The molecule has 0 aliphatic rings. The molecule has 0 saturated carbocycles. The molecule has 1 rings (SSSR count). The van der Waals surface area contributed by atoms with Gasteiger partial charge in [0.1, 0.15) is 0 Å². The molecule has 1 aromatic rings. The minimum absolute atomic E-state index is 0.445. The molecule has 1 aromatic carbocycles. The molecule has 0 bridgehead atoms.